The Kier molecular flexibility index (Phi) is 8.86. The fourth-order valence-electron chi connectivity index (χ4n) is 3.66. The third-order valence-corrected chi connectivity index (χ3v) is 9.92. The lowest BCUT2D eigenvalue weighted by atomic mass is 10.2. The van der Waals surface area contributed by atoms with E-state index in [9.17, 15) is 4.79 Å². The van der Waals surface area contributed by atoms with Crippen molar-refractivity contribution in [2.45, 2.75) is 52.2 Å². The van der Waals surface area contributed by atoms with E-state index >= 15 is 0 Å². The van der Waals surface area contributed by atoms with Crippen molar-refractivity contribution in [1.29, 1.82) is 0 Å². The minimum absolute atomic E-state index is 0.0615. The van der Waals surface area contributed by atoms with E-state index in [-0.39, 0.29) is 5.04 Å². The van der Waals surface area contributed by atoms with E-state index in [1.54, 1.807) is 0 Å². The number of ether oxygens (including phenoxy) is 2. The van der Waals surface area contributed by atoms with Crippen LogP contribution in [0.2, 0.25) is 5.04 Å². The maximum Gasteiger partial charge on any atom is 0.407 e. The molecule has 0 saturated carbocycles. The van der Waals surface area contributed by atoms with Gasteiger partial charge in [-0.2, -0.15) is 0 Å². The standard InChI is InChI=1S/C25H37NO4Si/c1-24(2,3)30-23(27)26-17-18-28-19-20-29-31(25(4,5)6,21-13-9-7-10-14-21)22-15-11-8-12-16-22/h7-16H,17-20H2,1-6H3,(H,26,27). The van der Waals surface area contributed by atoms with Crippen LogP contribution in [0.3, 0.4) is 0 Å². The van der Waals surface area contributed by atoms with E-state index in [0.717, 1.165) is 0 Å². The molecule has 2 rings (SSSR count). The van der Waals surface area contributed by atoms with Gasteiger partial charge in [-0.3, -0.25) is 0 Å². The second-order valence-electron chi connectivity index (χ2n) is 9.55. The summed E-state index contributed by atoms with van der Waals surface area (Å²) in [6.45, 7) is 14.0. The fourth-order valence-corrected chi connectivity index (χ4v) is 8.20. The second kappa shape index (κ2) is 10.9. The number of alkyl carbamates (subject to hydrolysis) is 1. The van der Waals surface area contributed by atoms with Crippen LogP contribution in [0.4, 0.5) is 4.79 Å². The molecule has 6 heteroatoms. The maximum absolute atomic E-state index is 11.7. The molecule has 0 bridgehead atoms. The summed E-state index contributed by atoms with van der Waals surface area (Å²) in [4.78, 5) is 11.7. The molecule has 0 aliphatic rings. The van der Waals surface area contributed by atoms with Gasteiger partial charge in [-0.25, -0.2) is 4.79 Å². The molecule has 5 nitrogen and oxygen atoms in total. The predicted octanol–water partition coefficient (Wildman–Crippen LogP) is 4.10. The first kappa shape index (κ1) is 25.1. The van der Waals surface area contributed by atoms with Crippen LogP contribution in [0.15, 0.2) is 60.7 Å². The van der Waals surface area contributed by atoms with Crippen LogP contribution in [-0.4, -0.2) is 46.4 Å². The van der Waals surface area contributed by atoms with Gasteiger partial charge >= 0.3 is 6.09 Å². The molecular weight excluding hydrogens is 406 g/mol. The SMILES string of the molecule is CC(C)(C)OC(=O)NCCOCCO[Si](c1ccccc1)(c1ccccc1)C(C)(C)C. The van der Waals surface area contributed by atoms with Gasteiger partial charge in [0.1, 0.15) is 5.60 Å². The Bertz CT molecular complexity index is 758. The van der Waals surface area contributed by atoms with Crippen molar-refractivity contribution in [2.75, 3.05) is 26.4 Å². The summed E-state index contributed by atoms with van der Waals surface area (Å²) in [7, 11) is -2.53. The molecule has 0 saturated heterocycles. The number of rotatable bonds is 9. The minimum Gasteiger partial charge on any atom is -0.444 e. The molecule has 0 heterocycles. The van der Waals surface area contributed by atoms with Crippen LogP contribution in [0.5, 0.6) is 0 Å². The molecule has 0 aromatic heterocycles. The highest BCUT2D eigenvalue weighted by molar-refractivity contribution is 6.99. The van der Waals surface area contributed by atoms with Crippen molar-refractivity contribution >= 4 is 24.8 Å². The smallest absolute Gasteiger partial charge is 0.407 e. The predicted molar refractivity (Wildman–Crippen MR) is 129 cm³/mol. The number of amides is 1. The van der Waals surface area contributed by atoms with Gasteiger partial charge in [0.25, 0.3) is 8.32 Å². The molecule has 0 atom stereocenters. The highest BCUT2D eigenvalue weighted by Gasteiger charge is 2.49. The Hall–Kier alpha value is -2.15. The van der Waals surface area contributed by atoms with E-state index in [4.69, 9.17) is 13.9 Å². The summed E-state index contributed by atoms with van der Waals surface area (Å²) in [6, 6.07) is 21.1. The molecule has 0 aliphatic carbocycles. The van der Waals surface area contributed by atoms with Crippen molar-refractivity contribution < 1.29 is 18.7 Å². The highest BCUT2D eigenvalue weighted by atomic mass is 28.4. The zero-order valence-electron chi connectivity index (χ0n) is 19.7. The highest BCUT2D eigenvalue weighted by Crippen LogP contribution is 2.36. The Balaban J connectivity index is 2.00. The zero-order valence-corrected chi connectivity index (χ0v) is 20.7. The summed E-state index contributed by atoms with van der Waals surface area (Å²) >= 11 is 0. The van der Waals surface area contributed by atoms with E-state index in [1.165, 1.54) is 10.4 Å². The van der Waals surface area contributed by atoms with Gasteiger partial charge in [0.2, 0.25) is 0 Å². The molecule has 170 valence electrons. The van der Waals surface area contributed by atoms with Crippen LogP contribution in [0, 0.1) is 0 Å². The summed E-state index contributed by atoms with van der Waals surface area (Å²) in [6.07, 6.45) is -0.431. The molecule has 0 spiro atoms. The minimum atomic E-state index is -2.53. The van der Waals surface area contributed by atoms with E-state index in [2.05, 4.69) is 74.6 Å². The fraction of sp³-hybridized carbons (Fsp3) is 0.480. The van der Waals surface area contributed by atoms with E-state index in [1.807, 2.05) is 32.9 Å². The molecule has 31 heavy (non-hydrogen) atoms. The molecule has 2 aromatic rings. The lowest BCUT2D eigenvalue weighted by molar-refractivity contribution is 0.0487. The van der Waals surface area contributed by atoms with Gasteiger partial charge in [0.15, 0.2) is 0 Å². The third kappa shape index (κ3) is 7.20. The molecule has 0 unspecified atom stereocenters. The Morgan fingerprint density at radius 3 is 1.77 bits per heavy atom. The van der Waals surface area contributed by atoms with Gasteiger partial charge in [-0.15, -0.1) is 0 Å². The van der Waals surface area contributed by atoms with Crippen molar-refractivity contribution in [1.82, 2.24) is 5.32 Å². The molecule has 2 aromatic carbocycles. The number of nitrogens with one attached hydrogen (secondary N) is 1. The summed E-state index contributed by atoms with van der Waals surface area (Å²) < 4.78 is 17.7. The Morgan fingerprint density at radius 1 is 0.806 bits per heavy atom. The van der Waals surface area contributed by atoms with Gasteiger partial charge in [0.05, 0.1) is 19.8 Å². The van der Waals surface area contributed by atoms with Crippen LogP contribution < -0.4 is 15.7 Å². The largest absolute Gasteiger partial charge is 0.444 e. The number of carbonyl (C=O) groups is 1. The van der Waals surface area contributed by atoms with Crippen molar-refractivity contribution in [3.8, 4) is 0 Å². The van der Waals surface area contributed by atoms with Crippen LogP contribution in [0.1, 0.15) is 41.5 Å². The second-order valence-corrected chi connectivity index (χ2v) is 13.9. The molecule has 0 radical (unpaired) electrons. The third-order valence-electron chi connectivity index (χ3n) is 4.88. The maximum atomic E-state index is 11.7. The van der Waals surface area contributed by atoms with Crippen molar-refractivity contribution in [3.05, 3.63) is 60.7 Å². The van der Waals surface area contributed by atoms with Crippen LogP contribution >= 0.6 is 0 Å². The summed E-state index contributed by atoms with van der Waals surface area (Å²) in [5.74, 6) is 0. The number of hydrogen-bond acceptors (Lipinski definition) is 4. The van der Waals surface area contributed by atoms with Gasteiger partial charge in [0, 0.05) is 6.54 Å². The number of benzene rings is 2. The lowest BCUT2D eigenvalue weighted by Crippen LogP contribution is -2.66. The van der Waals surface area contributed by atoms with E-state index in [0.29, 0.717) is 26.4 Å². The molecular formula is C25H37NO4Si. The Labute approximate surface area is 188 Å². The zero-order chi connectivity index (χ0) is 23.0. The number of hydrogen-bond donors (Lipinski definition) is 1. The first-order valence-electron chi connectivity index (χ1n) is 10.9. The monoisotopic (exact) mass is 443 g/mol. The first-order chi connectivity index (χ1) is 14.6. The number of carbonyl (C=O) groups excluding carboxylic acids is 1. The van der Waals surface area contributed by atoms with Crippen molar-refractivity contribution in [3.63, 3.8) is 0 Å². The molecule has 1 amide bonds. The van der Waals surface area contributed by atoms with Gasteiger partial charge in [-0.05, 0) is 36.2 Å². The van der Waals surface area contributed by atoms with Crippen LogP contribution in [-0.2, 0) is 13.9 Å². The summed E-state index contributed by atoms with van der Waals surface area (Å²) in [5, 5.41) is 5.14. The van der Waals surface area contributed by atoms with Gasteiger partial charge < -0.3 is 19.2 Å². The quantitative estimate of drug-likeness (QED) is 0.468. The topological polar surface area (TPSA) is 56.8 Å². The molecule has 1 N–H and O–H groups in total. The van der Waals surface area contributed by atoms with Gasteiger partial charge in [-0.1, -0.05) is 81.4 Å². The molecule has 0 aliphatic heterocycles. The summed E-state index contributed by atoms with van der Waals surface area (Å²) in [5.41, 5.74) is -0.505. The lowest BCUT2D eigenvalue weighted by Gasteiger charge is -2.43. The van der Waals surface area contributed by atoms with Crippen LogP contribution in [0.25, 0.3) is 0 Å². The Morgan fingerprint density at radius 2 is 1.32 bits per heavy atom. The average molecular weight is 444 g/mol. The van der Waals surface area contributed by atoms with E-state index < -0.39 is 20.0 Å². The molecule has 0 fully saturated rings. The van der Waals surface area contributed by atoms with Crippen molar-refractivity contribution in [2.24, 2.45) is 0 Å². The average Bonchev–Trinajstić information content (AvgIpc) is 2.69. The first-order valence-corrected chi connectivity index (χ1v) is 12.8. The normalized spacial score (nSPS) is 12.5.